The maximum atomic E-state index is 12.8. The molecule has 0 bridgehead atoms. The molecule has 3 heterocycles. The van der Waals surface area contributed by atoms with E-state index in [0.29, 0.717) is 24.5 Å². The molecule has 0 radical (unpaired) electrons. The molecule has 2 fully saturated rings. The van der Waals surface area contributed by atoms with Crippen molar-refractivity contribution in [3.63, 3.8) is 0 Å². The lowest BCUT2D eigenvalue weighted by Gasteiger charge is -2.39. The SMILES string of the molecule is CC1CNCCN1C(=O)C1CCN(C2=NS(=O)(=O)c3ccccc32)CC1. The summed E-state index contributed by atoms with van der Waals surface area (Å²) in [5.41, 5.74) is 0.674. The van der Waals surface area contributed by atoms with Gasteiger partial charge in [-0.15, -0.1) is 4.40 Å². The zero-order valence-corrected chi connectivity index (χ0v) is 15.7. The largest absolute Gasteiger partial charge is 0.355 e. The van der Waals surface area contributed by atoms with Crippen LogP contribution in [0, 0.1) is 5.92 Å². The van der Waals surface area contributed by atoms with Gasteiger partial charge in [0.05, 0.1) is 0 Å². The van der Waals surface area contributed by atoms with Gasteiger partial charge in [-0.05, 0) is 31.9 Å². The van der Waals surface area contributed by atoms with E-state index in [2.05, 4.69) is 16.6 Å². The number of amides is 1. The van der Waals surface area contributed by atoms with Crippen molar-refractivity contribution < 1.29 is 13.2 Å². The maximum absolute atomic E-state index is 12.8. The number of amidine groups is 1. The number of sulfonamides is 1. The Morgan fingerprint density at radius 3 is 2.65 bits per heavy atom. The number of piperidine rings is 1. The summed E-state index contributed by atoms with van der Waals surface area (Å²) in [5.74, 6) is 0.780. The van der Waals surface area contributed by atoms with Crippen LogP contribution in [0.2, 0.25) is 0 Å². The summed E-state index contributed by atoms with van der Waals surface area (Å²) in [7, 11) is -3.59. The fourth-order valence-electron chi connectivity index (χ4n) is 4.06. The van der Waals surface area contributed by atoms with Crippen molar-refractivity contribution in [2.24, 2.45) is 10.3 Å². The van der Waals surface area contributed by atoms with E-state index in [-0.39, 0.29) is 22.8 Å². The molecule has 1 atom stereocenters. The fourth-order valence-corrected chi connectivity index (χ4v) is 5.29. The van der Waals surface area contributed by atoms with Crippen LogP contribution in [0.1, 0.15) is 25.3 Å². The number of nitrogens with one attached hydrogen (secondary N) is 1. The topological polar surface area (TPSA) is 82.1 Å². The van der Waals surface area contributed by atoms with Crippen molar-refractivity contribution in [3.8, 4) is 0 Å². The van der Waals surface area contributed by atoms with Crippen molar-refractivity contribution >= 4 is 21.8 Å². The smallest absolute Gasteiger partial charge is 0.285 e. The predicted octanol–water partition coefficient (Wildman–Crippen LogP) is 0.668. The minimum absolute atomic E-state index is 0.0145. The number of piperazine rings is 1. The Morgan fingerprint density at radius 1 is 1.19 bits per heavy atom. The molecule has 8 heteroatoms. The van der Waals surface area contributed by atoms with E-state index in [1.165, 1.54) is 0 Å². The van der Waals surface area contributed by atoms with Gasteiger partial charge < -0.3 is 15.1 Å². The maximum Gasteiger partial charge on any atom is 0.285 e. The molecule has 3 aliphatic rings. The van der Waals surface area contributed by atoms with Crippen LogP contribution in [0.4, 0.5) is 0 Å². The summed E-state index contributed by atoms with van der Waals surface area (Å²) in [6.07, 6.45) is 1.47. The minimum Gasteiger partial charge on any atom is -0.355 e. The van der Waals surface area contributed by atoms with Gasteiger partial charge in [0.15, 0.2) is 5.84 Å². The van der Waals surface area contributed by atoms with E-state index in [0.717, 1.165) is 32.5 Å². The first kappa shape index (κ1) is 17.5. The number of hydrogen-bond acceptors (Lipinski definition) is 5. The first-order chi connectivity index (χ1) is 12.5. The average Bonchev–Trinajstić information content (AvgIpc) is 2.93. The molecule has 2 saturated heterocycles. The monoisotopic (exact) mass is 376 g/mol. The molecule has 0 saturated carbocycles. The summed E-state index contributed by atoms with van der Waals surface area (Å²) in [4.78, 5) is 17.1. The van der Waals surface area contributed by atoms with Gasteiger partial charge in [-0.3, -0.25) is 4.79 Å². The number of hydrogen-bond donors (Lipinski definition) is 1. The van der Waals surface area contributed by atoms with Gasteiger partial charge in [0.2, 0.25) is 5.91 Å². The van der Waals surface area contributed by atoms with Gasteiger partial charge >= 0.3 is 0 Å². The molecule has 1 aromatic rings. The summed E-state index contributed by atoms with van der Waals surface area (Å²) < 4.78 is 28.5. The van der Waals surface area contributed by atoms with Crippen molar-refractivity contribution in [1.82, 2.24) is 15.1 Å². The van der Waals surface area contributed by atoms with Crippen LogP contribution in [0.25, 0.3) is 0 Å². The van der Waals surface area contributed by atoms with Crippen LogP contribution in [-0.4, -0.2) is 68.7 Å². The number of benzene rings is 1. The summed E-state index contributed by atoms with van der Waals surface area (Å²) in [6, 6.07) is 7.18. The third-order valence-corrected chi connectivity index (χ3v) is 6.87. The summed E-state index contributed by atoms with van der Waals surface area (Å²) in [6.45, 7) is 5.84. The zero-order valence-electron chi connectivity index (χ0n) is 14.9. The molecule has 0 spiro atoms. The van der Waals surface area contributed by atoms with Crippen LogP contribution in [0.15, 0.2) is 33.6 Å². The standard InChI is InChI=1S/C18H24N4O3S/c1-13-12-19-8-11-22(13)18(23)14-6-9-21(10-7-14)17-15-4-2-3-5-16(15)26(24,25)20-17/h2-5,13-14,19H,6-12H2,1H3. The van der Waals surface area contributed by atoms with Gasteiger partial charge in [-0.1, -0.05) is 12.1 Å². The minimum atomic E-state index is -3.59. The summed E-state index contributed by atoms with van der Waals surface area (Å²) >= 11 is 0. The molecular formula is C18H24N4O3S. The van der Waals surface area contributed by atoms with E-state index in [9.17, 15) is 13.2 Å². The van der Waals surface area contributed by atoms with Crippen LogP contribution in [0.5, 0.6) is 0 Å². The molecule has 0 aliphatic carbocycles. The van der Waals surface area contributed by atoms with Crippen LogP contribution < -0.4 is 5.32 Å². The number of fused-ring (bicyclic) bond motifs is 1. The normalized spacial score (nSPS) is 25.7. The van der Waals surface area contributed by atoms with Gasteiger partial charge in [0.25, 0.3) is 10.0 Å². The highest BCUT2D eigenvalue weighted by atomic mass is 32.2. The molecule has 140 valence electrons. The molecular weight excluding hydrogens is 352 g/mol. The Labute approximate surface area is 154 Å². The third-order valence-electron chi connectivity index (χ3n) is 5.54. The second kappa shape index (κ2) is 6.66. The Morgan fingerprint density at radius 2 is 1.92 bits per heavy atom. The lowest BCUT2D eigenvalue weighted by Crippen LogP contribution is -2.55. The molecule has 0 aromatic heterocycles. The molecule has 1 aromatic carbocycles. The Kier molecular flexibility index (Phi) is 4.48. The van der Waals surface area contributed by atoms with Crippen LogP contribution in [-0.2, 0) is 14.8 Å². The number of carbonyl (C=O) groups excluding carboxylic acids is 1. The highest BCUT2D eigenvalue weighted by Gasteiger charge is 2.36. The quantitative estimate of drug-likeness (QED) is 0.779. The van der Waals surface area contributed by atoms with Crippen LogP contribution in [0.3, 0.4) is 0 Å². The molecule has 7 nitrogen and oxygen atoms in total. The molecule has 4 rings (SSSR count). The lowest BCUT2D eigenvalue weighted by atomic mass is 9.94. The first-order valence-electron chi connectivity index (χ1n) is 9.18. The van der Waals surface area contributed by atoms with Crippen molar-refractivity contribution in [2.45, 2.75) is 30.7 Å². The van der Waals surface area contributed by atoms with E-state index >= 15 is 0 Å². The fraction of sp³-hybridized carbons (Fsp3) is 0.556. The molecule has 26 heavy (non-hydrogen) atoms. The molecule has 3 aliphatic heterocycles. The highest BCUT2D eigenvalue weighted by molar-refractivity contribution is 7.90. The number of nitrogens with zero attached hydrogens (tertiary/aromatic N) is 3. The van der Waals surface area contributed by atoms with E-state index in [1.807, 2.05) is 15.9 Å². The number of carbonyl (C=O) groups is 1. The van der Waals surface area contributed by atoms with Gasteiger partial charge in [-0.25, -0.2) is 0 Å². The van der Waals surface area contributed by atoms with Gasteiger partial charge in [-0.2, -0.15) is 8.42 Å². The van der Waals surface area contributed by atoms with Crippen molar-refractivity contribution in [3.05, 3.63) is 29.8 Å². The van der Waals surface area contributed by atoms with Gasteiger partial charge in [0.1, 0.15) is 4.90 Å². The van der Waals surface area contributed by atoms with E-state index in [1.54, 1.807) is 18.2 Å². The molecule has 1 unspecified atom stereocenters. The molecule has 1 N–H and O–H groups in total. The Balaban J connectivity index is 1.45. The second-order valence-electron chi connectivity index (χ2n) is 7.23. The van der Waals surface area contributed by atoms with E-state index < -0.39 is 10.0 Å². The lowest BCUT2D eigenvalue weighted by molar-refractivity contribution is -0.139. The van der Waals surface area contributed by atoms with Crippen LogP contribution >= 0.6 is 0 Å². The zero-order chi connectivity index (χ0) is 18.3. The molecule has 1 amide bonds. The van der Waals surface area contributed by atoms with Crippen molar-refractivity contribution in [2.75, 3.05) is 32.7 Å². The number of rotatable bonds is 1. The Bertz CT molecular complexity index is 844. The van der Waals surface area contributed by atoms with E-state index in [4.69, 9.17) is 0 Å². The van der Waals surface area contributed by atoms with Gasteiger partial charge in [0, 0.05) is 50.2 Å². The first-order valence-corrected chi connectivity index (χ1v) is 10.6. The average molecular weight is 376 g/mol. The summed E-state index contributed by atoms with van der Waals surface area (Å²) in [5, 5.41) is 3.31. The number of likely N-dealkylation sites (tertiary alicyclic amines) is 1. The Hall–Kier alpha value is -1.93. The highest BCUT2D eigenvalue weighted by Crippen LogP contribution is 2.30. The predicted molar refractivity (Wildman–Crippen MR) is 98.5 cm³/mol. The second-order valence-corrected chi connectivity index (χ2v) is 8.80. The van der Waals surface area contributed by atoms with Crippen molar-refractivity contribution in [1.29, 1.82) is 0 Å². The third kappa shape index (κ3) is 3.01.